The summed E-state index contributed by atoms with van der Waals surface area (Å²) < 4.78 is 0. The molecule has 0 radical (unpaired) electrons. The molecule has 0 amide bonds. The summed E-state index contributed by atoms with van der Waals surface area (Å²) in [5, 5.41) is 3.57. The van der Waals surface area contributed by atoms with Gasteiger partial charge in [0.2, 0.25) is 0 Å². The minimum atomic E-state index is 0.645. The van der Waals surface area contributed by atoms with E-state index in [0.717, 1.165) is 19.0 Å². The van der Waals surface area contributed by atoms with Crippen LogP contribution in [0.25, 0.3) is 0 Å². The molecule has 17 heavy (non-hydrogen) atoms. The molecule has 0 saturated heterocycles. The lowest BCUT2D eigenvalue weighted by molar-refractivity contribution is 0.421. The highest BCUT2D eigenvalue weighted by molar-refractivity contribution is 5.26. The minimum absolute atomic E-state index is 0.645. The molecule has 96 valence electrons. The van der Waals surface area contributed by atoms with Crippen molar-refractivity contribution < 1.29 is 0 Å². The maximum absolute atomic E-state index is 3.57. The Bertz CT molecular complexity index is 319. The fraction of sp³-hybridized carbons (Fsp3) is 0.625. The highest BCUT2D eigenvalue weighted by Gasteiger charge is 2.17. The fourth-order valence-electron chi connectivity index (χ4n) is 2.27. The van der Waals surface area contributed by atoms with E-state index in [0.29, 0.717) is 5.92 Å². The Morgan fingerprint density at radius 2 is 2.00 bits per heavy atom. The first-order valence-electron chi connectivity index (χ1n) is 6.96. The molecule has 1 heteroatoms. The number of aryl methyl sites for hydroxylation is 1. The Balaban J connectivity index is 2.74. The zero-order valence-corrected chi connectivity index (χ0v) is 11.8. The fourth-order valence-corrected chi connectivity index (χ4v) is 2.27. The van der Waals surface area contributed by atoms with Crippen molar-refractivity contribution in [2.24, 2.45) is 5.92 Å². The van der Waals surface area contributed by atoms with Crippen molar-refractivity contribution in [1.82, 2.24) is 5.32 Å². The Hall–Kier alpha value is -0.820. The van der Waals surface area contributed by atoms with Gasteiger partial charge in [-0.1, -0.05) is 57.0 Å². The monoisotopic (exact) mass is 233 g/mol. The molecule has 1 nitrogen and oxygen atoms in total. The van der Waals surface area contributed by atoms with E-state index in [1.54, 1.807) is 0 Å². The summed E-state index contributed by atoms with van der Waals surface area (Å²) >= 11 is 0. The van der Waals surface area contributed by atoms with E-state index in [4.69, 9.17) is 0 Å². The molecule has 0 bridgehead atoms. The van der Waals surface area contributed by atoms with Crippen LogP contribution in [-0.2, 0) is 0 Å². The average Bonchev–Trinajstić information content (AvgIpc) is 2.34. The van der Waals surface area contributed by atoms with Gasteiger partial charge in [0.1, 0.15) is 0 Å². The van der Waals surface area contributed by atoms with Crippen molar-refractivity contribution in [2.75, 3.05) is 13.1 Å². The molecule has 0 aliphatic heterocycles. The lowest BCUT2D eigenvalue weighted by atomic mass is 9.85. The van der Waals surface area contributed by atoms with Gasteiger partial charge in [-0.3, -0.25) is 0 Å². The summed E-state index contributed by atoms with van der Waals surface area (Å²) in [6.07, 6.45) is 2.45. The molecule has 0 spiro atoms. The van der Waals surface area contributed by atoms with Crippen LogP contribution in [0.5, 0.6) is 0 Å². The van der Waals surface area contributed by atoms with Gasteiger partial charge in [0.05, 0.1) is 0 Å². The van der Waals surface area contributed by atoms with Crippen LogP contribution in [0.1, 0.15) is 50.7 Å². The molecule has 0 saturated carbocycles. The normalized spacial score (nSPS) is 14.6. The SMILES string of the molecule is CCCNCC(c1cccc(C)c1)C(C)CC. The lowest BCUT2D eigenvalue weighted by Gasteiger charge is -2.24. The second-order valence-electron chi connectivity index (χ2n) is 5.11. The molecule has 0 aliphatic rings. The van der Waals surface area contributed by atoms with E-state index in [9.17, 15) is 0 Å². The Labute approximate surface area is 107 Å². The predicted molar refractivity (Wildman–Crippen MR) is 76.5 cm³/mol. The van der Waals surface area contributed by atoms with Crippen molar-refractivity contribution >= 4 is 0 Å². The highest BCUT2D eigenvalue weighted by atomic mass is 14.9. The van der Waals surface area contributed by atoms with Crippen molar-refractivity contribution in [1.29, 1.82) is 0 Å². The average molecular weight is 233 g/mol. The topological polar surface area (TPSA) is 12.0 Å². The van der Waals surface area contributed by atoms with Crippen LogP contribution in [0.4, 0.5) is 0 Å². The first-order valence-corrected chi connectivity index (χ1v) is 6.96. The number of nitrogens with one attached hydrogen (secondary N) is 1. The van der Waals surface area contributed by atoms with Gasteiger partial charge in [0, 0.05) is 6.54 Å². The van der Waals surface area contributed by atoms with Crippen molar-refractivity contribution in [3.63, 3.8) is 0 Å². The third kappa shape index (κ3) is 4.51. The summed E-state index contributed by atoms with van der Waals surface area (Å²) in [5.41, 5.74) is 2.86. The molecule has 1 N–H and O–H groups in total. The number of rotatable bonds is 7. The van der Waals surface area contributed by atoms with Gasteiger partial charge in [0.15, 0.2) is 0 Å². The number of hydrogen-bond acceptors (Lipinski definition) is 1. The molecule has 0 aliphatic carbocycles. The van der Waals surface area contributed by atoms with Gasteiger partial charge >= 0.3 is 0 Å². The third-order valence-corrected chi connectivity index (χ3v) is 3.59. The van der Waals surface area contributed by atoms with Crippen LogP contribution in [0, 0.1) is 12.8 Å². The van der Waals surface area contributed by atoms with Crippen molar-refractivity contribution in [2.45, 2.75) is 46.5 Å². The third-order valence-electron chi connectivity index (χ3n) is 3.59. The Morgan fingerprint density at radius 1 is 1.24 bits per heavy atom. The van der Waals surface area contributed by atoms with E-state index in [1.807, 2.05) is 0 Å². The van der Waals surface area contributed by atoms with E-state index in [1.165, 1.54) is 24.0 Å². The molecular formula is C16H27N. The molecule has 0 fully saturated rings. The number of hydrogen-bond donors (Lipinski definition) is 1. The molecular weight excluding hydrogens is 206 g/mol. The first kappa shape index (κ1) is 14.2. The zero-order valence-electron chi connectivity index (χ0n) is 11.8. The van der Waals surface area contributed by atoms with Gasteiger partial charge in [0.25, 0.3) is 0 Å². The van der Waals surface area contributed by atoms with Crippen LogP contribution in [0.3, 0.4) is 0 Å². The van der Waals surface area contributed by atoms with Crippen LogP contribution in [0.2, 0.25) is 0 Å². The quantitative estimate of drug-likeness (QED) is 0.698. The minimum Gasteiger partial charge on any atom is -0.316 e. The standard InChI is InChI=1S/C16H27N/c1-5-10-17-12-16(14(4)6-2)15-9-7-8-13(3)11-15/h7-9,11,14,16-17H,5-6,10,12H2,1-4H3. The molecule has 1 aromatic rings. The van der Waals surface area contributed by atoms with E-state index >= 15 is 0 Å². The van der Waals surface area contributed by atoms with Gasteiger partial charge in [-0.05, 0) is 37.3 Å². The zero-order chi connectivity index (χ0) is 12.7. The molecule has 2 atom stereocenters. The van der Waals surface area contributed by atoms with Crippen LogP contribution >= 0.6 is 0 Å². The first-order chi connectivity index (χ1) is 8.19. The second-order valence-corrected chi connectivity index (χ2v) is 5.11. The van der Waals surface area contributed by atoms with E-state index in [2.05, 4.69) is 57.3 Å². The molecule has 2 unspecified atom stereocenters. The number of benzene rings is 1. The Kier molecular flexibility index (Phi) is 6.28. The molecule has 0 heterocycles. The van der Waals surface area contributed by atoms with Crippen molar-refractivity contribution in [3.05, 3.63) is 35.4 Å². The Morgan fingerprint density at radius 3 is 2.59 bits per heavy atom. The van der Waals surface area contributed by atoms with Crippen LogP contribution < -0.4 is 5.32 Å². The largest absolute Gasteiger partial charge is 0.316 e. The van der Waals surface area contributed by atoms with Crippen LogP contribution in [-0.4, -0.2) is 13.1 Å². The maximum atomic E-state index is 3.57. The van der Waals surface area contributed by atoms with E-state index < -0.39 is 0 Å². The summed E-state index contributed by atoms with van der Waals surface area (Å²) in [7, 11) is 0. The molecule has 0 aromatic heterocycles. The summed E-state index contributed by atoms with van der Waals surface area (Å²) in [6.45, 7) is 11.3. The summed E-state index contributed by atoms with van der Waals surface area (Å²) in [6, 6.07) is 8.97. The van der Waals surface area contributed by atoms with Crippen LogP contribution in [0.15, 0.2) is 24.3 Å². The van der Waals surface area contributed by atoms with Crippen molar-refractivity contribution in [3.8, 4) is 0 Å². The van der Waals surface area contributed by atoms with E-state index in [-0.39, 0.29) is 0 Å². The van der Waals surface area contributed by atoms with Gasteiger partial charge < -0.3 is 5.32 Å². The van der Waals surface area contributed by atoms with Gasteiger partial charge in [-0.2, -0.15) is 0 Å². The second kappa shape index (κ2) is 7.50. The lowest BCUT2D eigenvalue weighted by Crippen LogP contribution is -2.26. The van der Waals surface area contributed by atoms with Gasteiger partial charge in [-0.15, -0.1) is 0 Å². The smallest absolute Gasteiger partial charge is 0.00227 e. The predicted octanol–water partition coefficient (Wildman–Crippen LogP) is 4.12. The highest BCUT2D eigenvalue weighted by Crippen LogP contribution is 2.26. The molecule has 1 aromatic carbocycles. The molecule has 1 rings (SSSR count). The van der Waals surface area contributed by atoms with Gasteiger partial charge in [-0.25, -0.2) is 0 Å². The summed E-state index contributed by atoms with van der Waals surface area (Å²) in [5.74, 6) is 1.38. The maximum Gasteiger partial charge on any atom is 0.00227 e. The summed E-state index contributed by atoms with van der Waals surface area (Å²) in [4.78, 5) is 0.